The smallest absolute Gasteiger partial charge is 0.410 e. The van der Waals surface area contributed by atoms with Crippen LogP contribution in [0.2, 0.25) is 0 Å². The molecule has 6 heteroatoms. The van der Waals surface area contributed by atoms with Crippen LogP contribution in [-0.2, 0) is 16.0 Å². The lowest BCUT2D eigenvalue weighted by Gasteiger charge is -2.35. The predicted octanol–water partition coefficient (Wildman–Crippen LogP) is 3.40. The van der Waals surface area contributed by atoms with Gasteiger partial charge < -0.3 is 14.5 Å². The van der Waals surface area contributed by atoms with Crippen LogP contribution >= 0.6 is 11.3 Å². The van der Waals surface area contributed by atoms with E-state index in [2.05, 4.69) is 0 Å². The van der Waals surface area contributed by atoms with Crippen molar-refractivity contribution in [3.63, 3.8) is 0 Å². The van der Waals surface area contributed by atoms with Gasteiger partial charge in [0.2, 0.25) is 5.91 Å². The summed E-state index contributed by atoms with van der Waals surface area (Å²) in [5.41, 5.74) is -0.485. The van der Waals surface area contributed by atoms with Crippen LogP contribution in [-0.4, -0.2) is 54.1 Å². The minimum Gasteiger partial charge on any atom is -0.444 e. The molecule has 0 saturated carbocycles. The third-order valence-electron chi connectivity index (χ3n) is 4.01. The summed E-state index contributed by atoms with van der Waals surface area (Å²) in [4.78, 5) is 29.2. The molecule has 1 fully saturated rings. The van der Waals surface area contributed by atoms with E-state index in [0.29, 0.717) is 18.9 Å². The Morgan fingerprint density at radius 2 is 2.17 bits per heavy atom. The second kappa shape index (κ2) is 8.01. The molecule has 2 amide bonds. The molecular weight excluding hydrogens is 324 g/mol. The molecule has 1 aliphatic rings. The van der Waals surface area contributed by atoms with E-state index in [0.717, 1.165) is 30.8 Å². The lowest BCUT2D eigenvalue weighted by Crippen LogP contribution is -2.45. The number of amides is 2. The van der Waals surface area contributed by atoms with Gasteiger partial charge in [-0.3, -0.25) is 4.79 Å². The maximum atomic E-state index is 12.4. The van der Waals surface area contributed by atoms with Gasteiger partial charge in [0.05, 0.1) is 6.42 Å². The first-order chi connectivity index (χ1) is 11.2. The van der Waals surface area contributed by atoms with Crippen LogP contribution in [0.5, 0.6) is 0 Å². The minimum absolute atomic E-state index is 0.182. The maximum absolute atomic E-state index is 12.4. The molecule has 5 nitrogen and oxygen atoms in total. The van der Waals surface area contributed by atoms with Crippen molar-refractivity contribution in [1.82, 2.24) is 9.80 Å². The van der Waals surface area contributed by atoms with Gasteiger partial charge in [0.25, 0.3) is 0 Å². The second-order valence-electron chi connectivity index (χ2n) is 7.47. The van der Waals surface area contributed by atoms with E-state index >= 15 is 0 Å². The van der Waals surface area contributed by atoms with Crippen molar-refractivity contribution in [3.8, 4) is 0 Å². The van der Waals surface area contributed by atoms with Crippen molar-refractivity contribution in [2.24, 2.45) is 5.92 Å². The monoisotopic (exact) mass is 352 g/mol. The Hall–Kier alpha value is -1.56. The van der Waals surface area contributed by atoms with Gasteiger partial charge in [-0.25, -0.2) is 4.79 Å². The number of hydrogen-bond acceptors (Lipinski definition) is 4. The topological polar surface area (TPSA) is 49.9 Å². The average molecular weight is 353 g/mol. The third kappa shape index (κ3) is 5.82. The highest BCUT2D eigenvalue weighted by Gasteiger charge is 2.27. The van der Waals surface area contributed by atoms with Crippen molar-refractivity contribution in [1.29, 1.82) is 0 Å². The lowest BCUT2D eigenvalue weighted by atomic mass is 9.97. The van der Waals surface area contributed by atoms with Crippen LogP contribution in [0.15, 0.2) is 17.5 Å². The molecule has 2 rings (SSSR count). The van der Waals surface area contributed by atoms with Crippen LogP contribution in [0.25, 0.3) is 0 Å². The molecule has 0 spiro atoms. The summed E-state index contributed by atoms with van der Waals surface area (Å²) >= 11 is 1.62. The van der Waals surface area contributed by atoms with Crippen LogP contribution in [0.4, 0.5) is 4.79 Å². The number of rotatable bonds is 4. The predicted molar refractivity (Wildman–Crippen MR) is 96.2 cm³/mol. The Labute approximate surface area is 148 Å². The van der Waals surface area contributed by atoms with Gasteiger partial charge in [0.15, 0.2) is 0 Å². The van der Waals surface area contributed by atoms with Crippen LogP contribution in [0.1, 0.15) is 38.5 Å². The normalized spacial score (nSPS) is 18.3. The zero-order valence-corrected chi connectivity index (χ0v) is 15.9. The van der Waals surface area contributed by atoms with Crippen molar-refractivity contribution >= 4 is 23.3 Å². The Kier molecular flexibility index (Phi) is 6.27. The highest BCUT2D eigenvalue weighted by Crippen LogP contribution is 2.20. The van der Waals surface area contributed by atoms with Gasteiger partial charge in [-0.2, -0.15) is 0 Å². The number of thiophene rings is 1. The van der Waals surface area contributed by atoms with Crippen molar-refractivity contribution in [3.05, 3.63) is 22.4 Å². The zero-order chi connectivity index (χ0) is 17.7. The fourth-order valence-corrected chi connectivity index (χ4v) is 3.61. The van der Waals surface area contributed by atoms with Gasteiger partial charge in [-0.15, -0.1) is 11.3 Å². The molecule has 0 aliphatic carbocycles. The first-order valence-electron chi connectivity index (χ1n) is 8.49. The summed E-state index contributed by atoms with van der Waals surface area (Å²) in [6.45, 7) is 7.75. The van der Waals surface area contributed by atoms with E-state index in [-0.39, 0.29) is 12.0 Å². The van der Waals surface area contributed by atoms with Gasteiger partial charge >= 0.3 is 6.09 Å². The molecular formula is C18H28N2O3S. The molecule has 1 unspecified atom stereocenters. The molecule has 0 bridgehead atoms. The van der Waals surface area contributed by atoms with Gasteiger partial charge in [0.1, 0.15) is 5.60 Å². The molecule has 1 aromatic heterocycles. The molecule has 2 heterocycles. The highest BCUT2D eigenvalue weighted by molar-refractivity contribution is 7.10. The molecule has 1 aromatic rings. The molecule has 0 N–H and O–H groups in total. The van der Waals surface area contributed by atoms with Gasteiger partial charge in [0, 0.05) is 31.6 Å². The van der Waals surface area contributed by atoms with Crippen LogP contribution in [0.3, 0.4) is 0 Å². The van der Waals surface area contributed by atoms with Crippen LogP contribution in [0, 0.1) is 5.92 Å². The Morgan fingerprint density at radius 3 is 2.79 bits per heavy atom. The van der Waals surface area contributed by atoms with E-state index in [4.69, 9.17) is 4.74 Å². The maximum Gasteiger partial charge on any atom is 0.410 e. The number of likely N-dealkylation sites (tertiary alicyclic amines) is 1. The van der Waals surface area contributed by atoms with E-state index in [1.165, 1.54) is 0 Å². The summed E-state index contributed by atoms with van der Waals surface area (Å²) < 4.78 is 5.39. The Balaban J connectivity index is 1.84. The third-order valence-corrected chi connectivity index (χ3v) is 4.89. The first-order valence-corrected chi connectivity index (χ1v) is 9.37. The van der Waals surface area contributed by atoms with Crippen molar-refractivity contribution < 1.29 is 14.3 Å². The summed E-state index contributed by atoms with van der Waals surface area (Å²) in [6.07, 6.45) is 2.20. The molecule has 1 atom stereocenters. The van der Waals surface area contributed by atoms with Crippen molar-refractivity contribution in [2.75, 3.05) is 26.7 Å². The van der Waals surface area contributed by atoms with E-state index in [1.807, 2.05) is 43.2 Å². The second-order valence-corrected chi connectivity index (χ2v) is 8.50. The highest BCUT2D eigenvalue weighted by atomic mass is 32.1. The molecule has 24 heavy (non-hydrogen) atoms. The summed E-state index contributed by atoms with van der Waals surface area (Å²) in [5.74, 6) is 0.491. The number of piperidine rings is 1. The zero-order valence-electron chi connectivity index (χ0n) is 15.1. The number of carbonyl (C=O) groups excluding carboxylic acids is 2. The quantitative estimate of drug-likeness (QED) is 0.834. The van der Waals surface area contributed by atoms with E-state index < -0.39 is 5.60 Å². The molecule has 134 valence electrons. The fourth-order valence-electron chi connectivity index (χ4n) is 2.92. The number of ether oxygens (including phenoxy) is 1. The average Bonchev–Trinajstić information content (AvgIpc) is 2.98. The first kappa shape index (κ1) is 18.8. The summed E-state index contributed by atoms with van der Waals surface area (Å²) in [7, 11) is 1.76. The summed E-state index contributed by atoms with van der Waals surface area (Å²) in [6, 6.07) is 3.97. The summed E-state index contributed by atoms with van der Waals surface area (Å²) in [5, 5.41) is 2.00. The van der Waals surface area contributed by atoms with Gasteiger partial charge in [-0.1, -0.05) is 6.07 Å². The molecule has 0 radical (unpaired) electrons. The number of nitrogens with zero attached hydrogens (tertiary/aromatic N) is 2. The molecule has 0 aromatic carbocycles. The lowest BCUT2D eigenvalue weighted by molar-refractivity contribution is -0.132. The fraction of sp³-hybridized carbons (Fsp3) is 0.667. The largest absolute Gasteiger partial charge is 0.444 e. The molecule has 1 saturated heterocycles. The Morgan fingerprint density at radius 1 is 1.42 bits per heavy atom. The van der Waals surface area contributed by atoms with E-state index in [9.17, 15) is 9.59 Å². The molecule has 1 aliphatic heterocycles. The van der Waals surface area contributed by atoms with Gasteiger partial charge in [-0.05, 0) is 51.0 Å². The van der Waals surface area contributed by atoms with Crippen LogP contribution < -0.4 is 0 Å². The number of hydrogen-bond donors (Lipinski definition) is 0. The number of carbonyl (C=O) groups is 2. The SMILES string of the molecule is CN(CC1CCCN(C(=O)Cc2cccs2)C1)C(=O)OC(C)(C)C. The Bertz CT molecular complexity index is 551. The standard InChI is InChI=1S/C18H28N2O3S/c1-18(2,3)23-17(22)19(4)12-14-7-5-9-20(13-14)16(21)11-15-8-6-10-24-15/h6,8,10,14H,5,7,9,11-13H2,1-4H3. The van der Waals surface area contributed by atoms with E-state index in [1.54, 1.807) is 23.3 Å². The minimum atomic E-state index is -0.485. The van der Waals surface area contributed by atoms with Crippen molar-refractivity contribution in [2.45, 2.75) is 45.6 Å².